The normalized spacial score (nSPS) is 16.9. The van der Waals surface area contributed by atoms with E-state index in [9.17, 15) is 27.6 Å². The fraction of sp³-hybridized carbons (Fsp3) is 0.167. The molecule has 0 N–H and O–H groups in total. The van der Waals surface area contributed by atoms with Gasteiger partial charge in [0.25, 0.3) is 0 Å². The second-order valence-corrected chi connectivity index (χ2v) is 2.42. The highest BCUT2D eigenvalue weighted by molar-refractivity contribution is 6.55. The molecule has 1 saturated heterocycles. The van der Waals surface area contributed by atoms with Gasteiger partial charge in [0.05, 0.1) is 6.26 Å². The van der Waals surface area contributed by atoms with Crippen LogP contribution in [0.5, 0.6) is 0 Å². The summed E-state index contributed by atoms with van der Waals surface area (Å²) < 4.78 is 48.0. The van der Waals surface area contributed by atoms with Crippen LogP contribution in [0.25, 0.3) is 0 Å². The average molecular weight is 238 g/mol. The number of rotatable bonds is 3. The Morgan fingerprint density at radius 1 is 1.25 bits per heavy atom. The summed E-state index contributed by atoms with van der Waals surface area (Å²) >= 11 is 0. The van der Waals surface area contributed by atoms with E-state index >= 15 is 0 Å². The summed E-state index contributed by atoms with van der Waals surface area (Å²) in [5.41, 5.74) is -1.65. The molecule has 0 bridgehead atoms. The Labute approximate surface area is 86.1 Å². The van der Waals surface area contributed by atoms with Crippen LogP contribution in [-0.4, -0.2) is 31.7 Å². The molecule has 1 aliphatic rings. The molecule has 16 heavy (non-hydrogen) atoms. The first-order valence-electron chi connectivity index (χ1n) is 3.64. The van der Waals surface area contributed by atoms with Gasteiger partial charge >= 0.3 is 25.4 Å². The summed E-state index contributed by atoms with van der Waals surface area (Å²) in [6.07, 6.45) is -5.42. The molecule has 86 valence electrons. The molecule has 0 atom stereocenters. The van der Waals surface area contributed by atoms with Crippen molar-refractivity contribution in [3.8, 4) is 0 Å². The molecule has 10 heteroatoms. The van der Waals surface area contributed by atoms with Crippen LogP contribution >= 0.6 is 0 Å². The van der Waals surface area contributed by atoms with E-state index in [-0.39, 0.29) is 6.26 Å². The molecule has 0 aromatic heterocycles. The molecule has 6 nitrogen and oxygen atoms in total. The van der Waals surface area contributed by atoms with Crippen molar-refractivity contribution in [2.24, 2.45) is 0 Å². The summed E-state index contributed by atoms with van der Waals surface area (Å²) in [6, 6.07) is 0. The zero-order chi connectivity index (χ0) is 12.3. The van der Waals surface area contributed by atoms with Crippen molar-refractivity contribution in [1.29, 1.82) is 0 Å². The third kappa shape index (κ3) is 2.75. The first-order chi connectivity index (χ1) is 7.34. The van der Waals surface area contributed by atoms with Crippen LogP contribution in [0.15, 0.2) is 11.8 Å². The molecular formula is C6H2BF3O6. The Balaban J connectivity index is 2.62. The summed E-state index contributed by atoms with van der Waals surface area (Å²) in [7, 11) is -1.91. The molecule has 0 amide bonds. The maximum absolute atomic E-state index is 12.0. The minimum atomic E-state index is -4.91. The van der Waals surface area contributed by atoms with Gasteiger partial charge in [-0.2, -0.15) is 13.2 Å². The minimum Gasteiger partial charge on any atom is -0.495 e. The highest BCUT2D eigenvalue weighted by Gasteiger charge is 2.45. The highest BCUT2D eigenvalue weighted by atomic mass is 19.4. The molecule has 0 spiro atoms. The van der Waals surface area contributed by atoms with E-state index in [2.05, 4.69) is 14.0 Å². The zero-order valence-electron chi connectivity index (χ0n) is 7.32. The molecule has 0 aromatic rings. The Morgan fingerprint density at radius 2 is 1.75 bits per heavy atom. The van der Waals surface area contributed by atoms with Crippen molar-refractivity contribution in [2.45, 2.75) is 6.18 Å². The lowest BCUT2D eigenvalue weighted by molar-refractivity contribution is -0.150. The number of hydrogen-bond acceptors (Lipinski definition) is 6. The molecule has 0 aliphatic carbocycles. The average Bonchev–Trinajstić information content (AvgIpc) is 2.45. The summed E-state index contributed by atoms with van der Waals surface area (Å²) in [6.45, 7) is 0. The fourth-order valence-corrected chi connectivity index (χ4v) is 0.641. The number of hydrogen-bond donors (Lipinski definition) is 0. The predicted molar refractivity (Wildman–Crippen MR) is 39.2 cm³/mol. The quantitative estimate of drug-likeness (QED) is 0.221. The summed E-state index contributed by atoms with van der Waals surface area (Å²) in [5.74, 6) is -2.78. The number of carbonyl (C=O) groups excluding carboxylic acids is 3. The van der Waals surface area contributed by atoms with Crippen molar-refractivity contribution >= 4 is 25.5 Å². The Hall–Kier alpha value is -2.00. The Kier molecular flexibility index (Phi) is 3.21. The fourth-order valence-electron chi connectivity index (χ4n) is 0.641. The monoisotopic (exact) mass is 238 g/mol. The number of halogens is 3. The van der Waals surface area contributed by atoms with E-state index in [4.69, 9.17) is 0 Å². The van der Waals surface area contributed by atoms with Gasteiger partial charge in [0.2, 0.25) is 0 Å². The second kappa shape index (κ2) is 4.25. The van der Waals surface area contributed by atoms with Crippen LogP contribution < -0.4 is 0 Å². The van der Waals surface area contributed by atoms with Crippen molar-refractivity contribution in [3.05, 3.63) is 11.8 Å². The standard InChI is InChI=1S/C6H2BF3O6/c8-6(9,10)3(1-11)2-14-7-15-4(12)5(13)16-7/h1-2H/b3-2+. The first-order valence-corrected chi connectivity index (χ1v) is 3.64. The molecular weight excluding hydrogens is 236 g/mol. The van der Waals surface area contributed by atoms with E-state index in [1.165, 1.54) is 0 Å². The van der Waals surface area contributed by atoms with Gasteiger partial charge in [-0.3, -0.25) is 4.79 Å². The van der Waals surface area contributed by atoms with Gasteiger partial charge in [0.15, 0.2) is 6.29 Å². The van der Waals surface area contributed by atoms with E-state index in [0.29, 0.717) is 0 Å². The largest absolute Gasteiger partial charge is 0.868 e. The van der Waals surface area contributed by atoms with E-state index < -0.39 is 37.3 Å². The van der Waals surface area contributed by atoms with E-state index in [1.54, 1.807) is 0 Å². The van der Waals surface area contributed by atoms with Gasteiger partial charge in [0.1, 0.15) is 5.57 Å². The van der Waals surface area contributed by atoms with Crippen LogP contribution in [0, 0.1) is 0 Å². The predicted octanol–water partition coefficient (Wildman–Crippen LogP) is -0.267. The van der Waals surface area contributed by atoms with Gasteiger partial charge < -0.3 is 14.0 Å². The minimum absolute atomic E-state index is 0.0104. The summed E-state index contributed by atoms with van der Waals surface area (Å²) in [4.78, 5) is 30.8. The van der Waals surface area contributed by atoms with E-state index in [1.807, 2.05) is 0 Å². The number of alkyl halides is 3. The number of aldehydes is 1. The highest BCUT2D eigenvalue weighted by Crippen LogP contribution is 2.24. The topological polar surface area (TPSA) is 78.9 Å². The van der Waals surface area contributed by atoms with Gasteiger partial charge in [0, 0.05) is 0 Å². The molecule has 0 radical (unpaired) electrons. The molecule has 1 rings (SSSR count). The Morgan fingerprint density at radius 3 is 2.12 bits per heavy atom. The van der Waals surface area contributed by atoms with Crippen LogP contribution in [0.1, 0.15) is 0 Å². The number of carbonyl (C=O) groups is 3. The maximum atomic E-state index is 12.0. The Bertz CT molecular complexity index is 346. The van der Waals surface area contributed by atoms with Crippen molar-refractivity contribution in [3.63, 3.8) is 0 Å². The zero-order valence-corrected chi connectivity index (χ0v) is 7.32. The third-order valence-corrected chi connectivity index (χ3v) is 1.33. The first kappa shape index (κ1) is 12.1. The maximum Gasteiger partial charge on any atom is 0.868 e. The SMILES string of the molecule is O=C/C(=C\OB1OC(=O)C(=O)O1)C(F)(F)F. The molecule has 0 aromatic carbocycles. The lowest BCUT2D eigenvalue weighted by Crippen LogP contribution is -2.20. The molecule has 1 aliphatic heterocycles. The van der Waals surface area contributed by atoms with Gasteiger partial charge in [-0.1, -0.05) is 0 Å². The lowest BCUT2D eigenvalue weighted by Gasteiger charge is -2.05. The van der Waals surface area contributed by atoms with Gasteiger partial charge in [-0.05, 0) is 0 Å². The smallest absolute Gasteiger partial charge is 0.495 e. The summed E-state index contributed by atoms with van der Waals surface area (Å²) in [5, 5.41) is 0. The van der Waals surface area contributed by atoms with Gasteiger partial charge in [-0.15, -0.1) is 0 Å². The third-order valence-electron chi connectivity index (χ3n) is 1.33. The van der Waals surface area contributed by atoms with Crippen molar-refractivity contribution in [2.75, 3.05) is 0 Å². The van der Waals surface area contributed by atoms with Crippen molar-refractivity contribution in [1.82, 2.24) is 0 Å². The van der Waals surface area contributed by atoms with Crippen LogP contribution in [0.3, 0.4) is 0 Å². The van der Waals surface area contributed by atoms with Crippen LogP contribution in [0.4, 0.5) is 13.2 Å². The van der Waals surface area contributed by atoms with Crippen molar-refractivity contribution < 1.29 is 41.5 Å². The van der Waals surface area contributed by atoms with Crippen LogP contribution in [-0.2, 0) is 28.3 Å². The van der Waals surface area contributed by atoms with Gasteiger partial charge in [-0.25, -0.2) is 9.59 Å². The second-order valence-electron chi connectivity index (χ2n) is 2.42. The molecule has 1 heterocycles. The molecule has 1 fully saturated rings. The van der Waals surface area contributed by atoms with E-state index in [0.717, 1.165) is 0 Å². The molecule has 0 saturated carbocycles. The van der Waals surface area contributed by atoms with Crippen LogP contribution in [0.2, 0.25) is 0 Å². The lowest BCUT2D eigenvalue weighted by atomic mass is 10.2. The number of allylic oxidation sites excluding steroid dienone is 1. The molecule has 0 unspecified atom stereocenters.